The van der Waals surface area contributed by atoms with Gasteiger partial charge in [0.1, 0.15) is 5.82 Å². The van der Waals surface area contributed by atoms with Gasteiger partial charge in [0.2, 0.25) is 5.95 Å². The third-order valence-corrected chi connectivity index (χ3v) is 12.5. The van der Waals surface area contributed by atoms with Crippen molar-refractivity contribution in [3.05, 3.63) is 168 Å². The summed E-state index contributed by atoms with van der Waals surface area (Å²) in [7, 11) is 0. The molecule has 0 amide bonds. The number of benzene rings is 8. The van der Waals surface area contributed by atoms with Gasteiger partial charge in [-0.25, -0.2) is 9.37 Å². The Balaban J connectivity index is 1.20. The largest absolute Gasteiger partial charge is 0.278 e. The van der Waals surface area contributed by atoms with E-state index in [0.717, 1.165) is 22.5 Å². The van der Waals surface area contributed by atoms with E-state index < -0.39 is 0 Å². The number of anilines is 3. The number of hydrogen-bond acceptors (Lipinski definition) is 5. The van der Waals surface area contributed by atoms with Crippen LogP contribution in [0.15, 0.2) is 146 Å². The Morgan fingerprint density at radius 3 is 1.85 bits per heavy atom. The average molecular weight is 729 g/mol. The second kappa shape index (κ2) is 11.7. The van der Waals surface area contributed by atoms with Crippen LogP contribution in [-0.2, 0) is 5.41 Å². The molecule has 8 aromatic carbocycles. The molecule has 0 unspecified atom stereocenters. The number of hydrogen-bond donors (Lipinski definition) is 0. The Labute approximate surface area is 321 Å². The molecular formula is C49H33FN4S. The summed E-state index contributed by atoms with van der Waals surface area (Å²) in [5.74, 6) is 1.24. The van der Waals surface area contributed by atoms with Crippen molar-refractivity contribution in [2.24, 2.45) is 0 Å². The van der Waals surface area contributed by atoms with Crippen molar-refractivity contribution in [3.63, 3.8) is 0 Å². The van der Waals surface area contributed by atoms with E-state index in [1.165, 1.54) is 81.3 Å². The van der Waals surface area contributed by atoms with Gasteiger partial charge in [0.05, 0.1) is 11.4 Å². The Morgan fingerprint density at radius 2 is 1.09 bits per heavy atom. The smallest absolute Gasteiger partial charge is 0.238 e. The summed E-state index contributed by atoms with van der Waals surface area (Å²) >= 11 is 1.83. The summed E-state index contributed by atoms with van der Waals surface area (Å²) in [4.78, 5) is 17.4. The first-order valence-electron chi connectivity index (χ1n) is 18.5. The van der Waals surface area contributed by atoms with E-state index in [-0.39, 0.29) is 11.2 Å². The molecule has 0 spiro atoms. The number of nitrogens with zero attached hydrogens (tertiary/aromatic N) is 4. The highest BCUT2D eigenvalue weighted by atomic mass is 32.1. The maximum Gasteiger partial charge on any atom is 0.238 e. The minimum Gasteiger partial charge on any atom is -0.278 e. The number of rotatable bonds is 3. The van der Waals surface area contributed by atoms with Gasteiger partial charge in [-0.3, -0.25) is 4.90 Å². The molecule has 1 aliphatic heterocycles. The molecule has 2 aromatic heterocycles. The van der Waals surface area contributed by atoms with Crippen molar-refractivity contribution in [2.75, 3.05) is 4.90 Å². The first-order chi connectivity index (χ1) is 26.8. The third-order valence-electron chi connectivity index (χ3n) is 11.4. The Bertz CT molecular complexity index is 3200. The Kier molecular flexibility index (Phi) is 6.83. The fourth-order valence-electron chi connectivity index (χ4n) is 8.65. The van der Waals surface area contributed by atoms with Gasteiger partial charge in [0, 0.05) is 36.7 Å². The lowest BCUT2D eigenvalue weighted by molar-refractivity contribution is 0.628. The zero-order chi connectivity index (χ0) is 37.0. The number of thiophene rings is 1. The molecule has 0 saturated carbocycles. The highest BCUT2D eigenvalue weighted by Crippen LogP contribution is 2.54. The highest BCUT2D eigenvalue weighted by molar-refractivity contribution is 7.26. The predicted molar refractivity (Wildman–Crippen MR) is 228 cm³/mol. The molecule has 0 atom stereocenters. The fraction of sp³-hybridized carbons (Fsp3) is 0.0816. The van der Waals surface area contributed by atoms with E-state index in [2.05, 4.69) is 117 Å². The summed E-state index contributed by atoms with van der Waals surface area (Å²) in [5.41, 5.74) is 6.98. The standard InChI is InChI=1S/C49H33FN4S/c1-28-17-22-34-35(23-28)32-13-7-8-14-33(32)36-24-38-39-25-41-43(27-45(39)55-44(38)26-37(34)36)54(42-16-10-9-15-40(42)49(41,2)3)48-52-46(29-11-5-4-6-12-29)51-47(53-48)30-18-20-31(50)21-19-30/h4-27H,1-3H3. The van der Waals surface area contributed by atoms with Crippen molar-refractivity contribution in [1.29, 1.82) is 0 Å². The second-order valence-electron chi connectivity index (χ2n) is 15.1. The van der Waals surface area contributed by atoms with Gasteiger partial charge >= 0.3 is 0 Å². The summed E-state index contributed by atoms with van der Waals surface area (Å²) in [6.07, 6.45) is 0. The average Bonchev–Trinajstić information content (AvgIpc) is 3.57. The lowest BCUT2D eigenvalue weighted by atomic mass is 9.73. The van der Waals surface area contributed by atoms with Crippen LogP contribution in [0.3, 0.4) is 0 Å². The van der Waals surface area contributed by atoms with Crippen LogP contribution < -0.4 is 4.90 Å². The molecule has 55 heavy (non-hydrogen) atoms. The molecular weight excluding hydrogens is 696 g/mol. The van der Waals surface area contributed by atoms with E-state index in [1.807, 2.05) is 41.7 Å². The molecule has 3 heterocycles. The fourth-order valence-corrected chi connectivity index (χ4v) is 9.80. The zero-order valence-corrected chi connectivity index (χ0v) is 31.2. The van der Waals surface area contributed by atoms with Crippen LogP contribution in [0.4, 0.5) is 21.7 Å². The van der Waals surface area contributed by atoms with Crippen LogP contribution in [0.5, 0.6) is 0 Å². The Hall–Kier alpha value is -6.50. The third kappa shape index (κ3) is 4.84. The van der Waals surface area contributed by atoms with E-state index in [9.17, 15) is 4.39 Å². The summed E-state index contributed by atoms with van der Waals surface area (Å²) < 4.78 is 16.6. The molecule has 0 fully saturated rings. The van der Waals surface area contributed by atoms with E-state index in [4.69, 9.17) is 15.0 Å². The van der Waals surface area contributed by atoms with Crippen LogP contribution in [0, 0.1) is 12.7 Å². The SMILES string of the molecule is Cc1ccc2c(c1)c1ccccc1c1cc3c(cc21)sc1cc2c(cc13)C(C)(C)c1ccccc1N2c1nc(-c2ccccc2)nc(-c2ccc(F)cc2)n1. The lowest BCUT2D eigenvalue weighted by Crippen LogP contribution is -2.31. The number of aromatic nitrogens is 3. The van der Waals surface area contributed by atoms with Crippen molar-refractivity contribution < 1.29 is 4.39 Å². The monoisotopic (exact) mass is 728 g/mol. The van der Waals surface area contributed by atoms with Gasteiger partial charge < -0.3 is 0 Å². The number of halogens is 1. The molecule has 0 radical (unpaired) electrons. The molecule has 0 aliphatic carbocycles. The minimum absolute atomic E-state index is 0.306. The molecule has 0 N–H and O–H groups in total. The summed E-state index contributed by atoms with van der Waals surface area (Å²) in [6.45, 7) is 6.79. The van der Waals surface area contributed by atoms with E-state index >= 15 is 0 Å². The summed E-state index contributed by atoms with van der Waals surface area (Å²) in [5, 5.41) is 10.2. The van der Waals surface area contributed by atoms with Crippen LogP contribution in [0.2, 0.25) is 0 Å². The van der Waals surface area contributed by atoms with Gasteiger partial charge in [-0.15, -0.1) is 11.3 Å². The van der Waals surface area contributed by atoms with Gasteiger partial charge in [0.25, 0.3) is 0 Å². The molecule has 10 aromatic rings. The van der Waals surface area contributed by atoms with E-state index in [1.54, 1.807) is 12.1 Å². The maximum atomic E-state index is 14.1. The minimum atomic E-state index is -0.322. The molecule has 4 nitrogen and oxygen atoms in total. The topological polar surface area (TPSA) is 41.9 Å². The second-order valence-corrected chi connectivity index (χ2v) is 16.2. The van der Waals surface area contributed by atoms with Crippen LogP contribution in [-0.4, -0.2) is 15.0 Å². The van der Waals surface area contributed by atoms with Crippen molar-refractivity contribution >= 4 is 81.1 Å². The molecule has 6 heteroatoms. The summed E-state index contributed by atoms with van der Waals surface area (Å²) in [6, 6.07) is 50.1. The van der Waals surface area contributed by atoms with Gasteiger partial charge in [-0.05, 0) is 105 Å². The molecule has 0 bridgehead atoms. The Morgan fingerprint density at radius 1 is 0.491 bits per heavy atom. The van der Waals surface area contributed by atoms with Crippen molar-refractivity contribution in [3.8, 4) is 22.8 Å². The van der Waals surface area contributed by atoms with Crippen molar-refractivity contribution in [1.82, 2.24) is 15.0 Å². The number of fused-ring (bicyclic) bond motifs is 11. The first kappa shape index (κ1) is 32.0. The molecule has 262 valence electrons. The quantitative estimate of drug-likeness (QED) is 0.170. The van der Waals surface area contributed by atoms with Crippen LogP contribution in [0.1, 0.15) is 30.5 Å². The van der Waals surface area contributed by atoms with E-state index in [0.29, 0.717) is 17.6 Å². The normalized spacial score (nSPS) is 13.6. The maximum absolute atomic E-state index is 14.1. The number of aryl methyl sites for hydroxylation is 1. The van der Waals surface area contributed by atoms with Gasteiger partial charge in [0.15, 0.2) is 11.6 Å². The van der Waals surface area contributed by atoms with Gasteiger partial charge in [-0.1, -0.05) is 110 Å². The zero-order valence-electron chi connectivity index (χ0n) is 30.4. The highest BCUT2D eigenvalue weighted by Gasteiger charge is 2.38. The van der Waals surface area contributed by atoms with Crippen LogP contribution >= 0.6 is 11.3 Å². The molecule has 0 saturated heterocycles. The van der Waals surface area contributed by atoms with Crippen molar-refractivity contribution in [2.45, 2.75) is 26.2 Å². The number of para-hydroxylation sites is 1. The van der Waals surface area contributed by atoms with Gasteiger partial charge in [-0.2, -0.15) is 9.97 Å². The molecule has 1 aliphatic rings. The van der Waals surface area contributed by atoms with Crippen LogP contribution in [0.25, 0.3) is 75.3 Å². The lowest BCUT2D eigenvalue weighted by Gasteiger charge is -2.41. The first-order valence-corrected chi connectivity index (χ1v) is 19.4. The predicted octanol–water partition coefficient (Wildman–Crippen LogP) is 13.6. The molecule has 11 rings (SSSR count).